The quantitative estimate of drug-likeness (QED) is 0.695. The van der Waals surface area contributed by atoms with E-state index in [2.05, 4.69) is 36.2 Å². The molecule has 0 aliphatic carbocycles. The second-order valence-corrected chi connectivity index (χ2v) is 3.90. The van der Waals surface area contributed by atoms with E-state index in [0.717, 1.165) is 5.82 Å². The van der Waals surface area contributed by atoms with Crippen molar-refractivity contribution < 1.29 is 0 Å². The molecule has 2 rings (SSSR count). The third-order valence-electron chi connectivity index (χ3n) is 2.74. The average Bonchev–Trinajstić information content (AvgIpc) is 2.15. The topological polar surface area (TPSA) is 41.0 Å². The number of hydrogen-bond acceptors (Lipinski definition) is 4. The Labute approximate surface area is 78.0 Å². The molecule has 1 saturated heterocycles. The van der Waals surface area contributed by atoms with Crippen molar-refractivity contribution in [1.29, 1.82) is 0 Å². The maximum atomic E-state index is 4.23. The maximum absolute atomic E-state index is 4.23. The standard InChI is InChI=1S/C9H14N4/c1-7-9(2,3)13(12-7)8-6-10-4-5-11-8/h4-7,12H,1-3H3/t7-/m1/s1. The zero-order valence-corrected chi connectivity index (χ0v) is 8.15. The summed E-state index contributed by atoms with van der Waals surface area (Å²) in [4.78, 5) is 8.27. The molecule has 1 aromatic heterocycles. The first-order chi connectivity index (χ1) is 6.12. The Morgan fingerprint density at radius 2 is 2.23 bits per heavy atom. The van der Waals surface area contributed by atoms with Gasteiger partial charge in [0.1, 0.15) is 0 Å². The van der Waals surface area contributed by atoms with Gasteiger partial charge in [0.05, 0.1) is 11.7 Å². The van der Waals surface area contributed by atoms with Crippen LogP contribution in [0, 0.1) is 0 Å². The first kappa shape index (κ1) is 8.44. The van der Waals surface area contributed by atoms with Crippen LogP contribution in [0.15, 0.2) is 18.6 Å². The lowest BCUT2D eigenvalue weighted by Gasteiger charge is -2.54. The van der Waals surface area contributed by atoms with Gasteiger partial charge in [-0.3, -0.25) is 9.99 Å². The third kappa shape index (κ3) is 1.18. The number of nitrogens with zero attached hydrogens (tertiary/aromatic N) is 3. The lowest BCUT2D eigenvalue weighted by atomic mass is 9.91. The number of aromatic nitrogens is 2. The molecule has 0 spiro atoms. The fraction of sp³-hybridized carbons (Fsp3) is 0.556. The Morgan fingerprint density at radius 3 is 2.69 bits per heavy atom. The Bertz CT molecular complexity index is 296. The number of hydrazine groups is 1. The first-order valence-corrected chi connectivity index (χ1v) is 4.45. The Morgan fingerprint density at radius 1 is 1.46 bits per heavy atom. The minimum Gasteiger partial charge on any atom is -0.283 e. The lowest BCUT2D eigenvalue weighted by Crippen LogP contribution is -2.75. The van der Waals surface area contributed by atoms with Crippen LogP contribution < -0.4 is 10.4 Å². The van der Waals surface area contributed by atoms with Gasteiger partial charge in [-0.25, -0.2) is 10.4 Å². The predicted octanol–water partition coefficient (Wildman–Crippen LogP) is 0.968. The van der Waals surface area contributed by atoms with Crippen molar-refractivity contribution in [2.75, 3.05) is 5.01 Å². The lowest BCUT2D eigenvalue weighted by molar-refractivity contribution is 0.195. The second kappa shape index (κ2) is 2.67. The molecule has 0 radical (unpaired) electrons. The molecule has 1 N–H and O–H groups in total. The highest BCUT2D eigenvalue weighted by Gasteiger charge is 2.44. The number of anilines is 1. The minimum absolute atomic E-state index is 0.121. The molecule has 0 amide bonds. The molecule has 1 atom stereocenters. The molecular weight excluding hydrogens is 164 g/mol. The van der Waals surface area contributed by atoms with E-state index in [4.69, 9.17) is 0 Å². The van der Waals surface area contributed by atoms with E-state index in [9.17, 15) is 0 Å². The second-order valence-electron chi connectivity index (χ2n) is 3.90. The summed E-state index contributed by atoms with van der Waals surface area (Å²) in [6, 6.07) is 0.481. The molecule has 0 unspecified atom stereocenters. The van der Waals surface area contributed by atoms with E-state index in [1.807, 2.05) is 5.01 Å². The van der Waals surface area contributed by atoms with Gasteiger partial charge in [0, 0.05) is 18.4 Å². The van der Waals surface area contributed by atoms with Gasteiger partial charge in [0.2, 0.25) is 0 Å². The van der Waals surface area contributed by atoms with Crippen LogP contribution in [0.3, 0.4) is 0 Å². The number of nitrogens with one attached hydrogen (secondary N) is 1. The van der Waals surface area contributed by atoms with E-state index < -0.39 is 0 Å². The summed E-state index contributed by atoms with van der Waals surface area (Å²) in [5, 5.41) is 2.05. The average molecular weight is 178 g/mol. The molecular formula is C9H14N4. The molecule has 1 aliphatic heterocycles. The summed E-state index contributed by atoms with van der Waals surface area (Å²) in [6.07, 6.45) is 5.15. The Hall–Kier alpha value is -1.16. The zero-order valence-electron chi connectivity index (χ0n) is 8.15. The molecule has 13 heavy (non-hydrogen) atoms. The summed E-state index contributed by atoms with van der Waals surface area (Å²) >= 11 is 0. The molecule has 0 aromatic carbocycles. The van der Waals surface area contributed by atoms with Crippen LogP contribution in [0.2, 0.25) is 0 Å². The molecule has 4 nitrogen and oxygen atoms in total. The van der Waals surface area contributed by atoms with Gasteiger partial charge in [-0.15, -0.1) is 0 Å². The molecule has 1 aromatic rings. The van der Waals surface area contributed by atoms with Crippen molar-refractivity contribution in [3.8, 4) is 0 Å². The monoisotopic (exact) mass is 178 g/mol. The SMILES string of the molecule is C[C@H]1NN(c2cnccn2)C1(C)C. The van der Waals surface area contributed by atoms with Gasteiger partial charge in [0.15, 0.2) is 5.82 Å². The van der Waals surface area contributed by atoms with E-state index in [0.29, 0.717) is 6.04 Å². The fourth-order valence-corrected chi connectivity index (χ4v) is 1.41. The predicted molar refractivity (Wildman–Crippen MR) is 51.2 cm³/mol. The van der Waals surface area contributed by atoms with Crippen LogP contribution >= 0.6 is 0 Å². The van der Waals surface area contributed by atoms with Gasteiger partial charge in [-0.05, 0) is 20.8 Å². The van der Waals surface area contributed by atoms with Crippen LogP contribution in [0.5, 0.6) is 0 Å². The van der Waals surface area contributed by atoms with E-state index in [1.54, 1.807) is 18.6 Å². The highest BCUT2D eigenvalue weighted by molar-refractivity contribution is 5.42. The van der Waals surface area contributed by atoms with Crippen LogP contribution in [-0.4, -0.2) is 21.5 Å². The molecule has 1 aliphatic rings. The van der Waals surface area contributed by atoms with Gasteiger partial charge >= 0.3 is 0 Å². The van der Waals surface area contributed by atoms with Crippen LogP contribution in [0.1, 0.15) is 20.8 Å². The smallest absolute Gasteiger partial charge is 0.161 e. The van der Waals surface area contributed by atoms with Crippen LogP contribution in [0.4, 0.5) is 5.82 Å². The molecule has 2 heterocycles. The van der Waals surface area contributed by atoms with Crippen molar-refractivity contribution in [3.63, 3.8) is 0 Å². The molecule has 0 bridgehead atoms. The normalized spacial score (nSPS) is 25.5. The van der Waals surface area contributed by atoms with Crippen molar-refractivity contribution in [3.05, 3.63) is 18.6 Å². The van der Waals surface area contributed by atoms with Gasteiger partial charge in [-0.1, -0.05) is 0 Å². The summed E-state index contributed by atoms with van der Waals surface area (Å²) in [5.41, 5.74) is 3.40. The molecule has 70 valence electrons. The zero-order chi connectivity index (χ0) is 9.47. The third-order valence-corrected chi connectivity index (χ3v) is 2.74. The van der Waals surface area contributed by atoms with E-state index in [-0.39, 0.29) is 5.54 Å². The number of hydrogen-bond donors (Lipinski definition) is 1. The van der Waals surface area contributed by atoms with Crippen LogP contribution in [-0.2, 0) is 0 Å². The van der Waals surface area contributed by atoms with Crippen molar-refractivity contribution in [1.82, 2.24) is 15.4 Å². The highest BCUT2D eigenvalue weighted by atomic mass is 15.6. The highest BCUT2D eigenvalue weighted by Crippen LogP contribution is 2.30. The maximum Gasteiger partial charge on any atom is 0.161 e. The van der Waals surface area contributed by atoms with Crippen molar-refractivity contribution >= 4 is 5.82 Å². The summed E-state index contributed by atoms with van der Waals surface area (Å²) in [6.45, 7) is 6.53. The van der Waals surface area contributed by atoms with Crippen molar-refractivity contribution in [2.45, 2.75) is 32.4 Å². The Kier molecular flexibility index (Phi) is 1.73. The molecule has 4 heteroatoms. The van der Waals surface area contributed by atoms with Gasteiger partial charge < -0.3 is 0 Å². The van der Waals surface area contributed by atoms with E-state index in [1.165, 1.54) is 0 Å². The van der Waals surface area contributed by atoms with E-state index >= 15 is 0 Å². The first-order valence-electron chi connectivity index (χ1n) is 4.45. The fourth-order valence-electron chi connectivity index (χ4n) is 1.41. The van der Waals surface area contributed by atoms with Crippen LogP contribution in [0.25, 0.3) is 0 Å². The van der Waals surface area contributed by atoms with Gasteiger partial charge in [-0.2, -0.15) is 0 Å². The summed E-state index contributed by atoms with van der Waals surface area (Å²) < 4.78 is 0. The minimum atomic E-state index is 0.121. The van der Waals surface area contributed by atoms with Gasteiger partial charge in [0.25, 0.3) is 0 Å². The summed E-state index contributed by atoms with van der Waals surface area (Å²) in [7, 11) is 0. The summed E-state index contributed by atoms with van der Waals surface area (Å²) in [5.74, 6) is 0.880. The largest absolute Gasteiger partial charge is 0.283 e. The molecule has 0 saturated carbocycles. The Balaban J connectivity index is 2.22. The molecule has 1 fully saturated rings. The van der Waals surface area contributed by atoms with Crippen molar-refractivity contribution in [2.24, 2.45) is 0 Å². The number of rotatable bonds is 1.